The van der Waals surface area contributed by atoms with Gasteiger partial charge in [0.25, 0.3) is 0 Å². The van der Waals surface area contributed by atoms with Gasteiger partial charge < -0.3 is 15.2 Å². The second kappa shape index (κ2) is 8.79. The van der Waals surface area contributed by atoms with Crippen LogP contribution in [0.15, 0.2) is 54.9 Å². The highest BCUT2D eigenvalue weighted by molar-refractivity contribution is 5.77. The molecule has 1 aromatic carbocycles. The van der Waals surface area contributed by atoms with E-state index in [1.807, 2.05) is 18.3 Å². The van der Waals surface area contributed by atoms with Crippen molar-refractivity contribution < 1.29 is 9.18 Å². The number of amides is 1. The number of rotatable bonds is 6. The molecule has 5 nitrogen and oxygen atoms in total. The van der Waals surface area contributed by atoms with Crippen LogP contribution in [0, 0.1) is 19.7 Å². The first-order chi connectivity index (χ1) is 14.5. The molecule has 6 heteroatoms. The maximum Gasteiger partial charge on any atom is 0.220 e. The number of nitrogens with zero attached hydrogens (tertiary/aromatic N) is 2. The Morgan fingerprint density at radius 2 is 2.10 bits per heavy atom. The number of hydrogen-bond acceptors (Lipinski definition) is 3. The van der Waals surface area contributed by atoms with Gasteiger partial charge in [0.15, 0.2) is 0 Å². The van der Waals surface area contributed by atoms with Crippen LogP contribution in [0.5, 0.6) is 0 Å². The van der Waals surface area contributed by atoms with E-state index in [1.165, 1.54) is 34.6 Å². The molecule has 0 radical (unpaired) electrons. The third-order valence-corrected chi connectivity index (χ3v) is 5.91. The van der Waals surface area contributed by atoms with Gasteiger partial charge in [0.05, 0.1) is 6.04 Å². The fourth-order valence-corrected chi connectivity index (χ4v) is 4.24. The zero-order chi connectivity index (χ0) is 21.1. The molecule has 1 aliphatic rings. The first-order valence-corrected chi connectivity index (χ1v) is 10.3. The summed E-state index contributed by atoms with van der Waals surface area (Å²) in [5.74, 6) is -0.276. The van der Waals surface area contributed by atoms with Crippen LogP contribution in [-0.2, 0) is 17.9 Å². The van der Waals surface area contributed by atoms with Gasteiger partial charge in [-0.25, -0.2) is 4.39 Å². The molecule has 0 spiro atoms. The lowest BCUT2D eigenvalue weighted by atomic mass is 9.91. The minimum absolute atomic E-state index is 0.0111. The predicted molar refractivity (Wildman–Crippen MR) is 114 cm³/mol. The second-order valence-corrected chi connectivity index (χ2v) is 7.97. The Labute approximate surface area is 176 Å². The molecule has 0 saturated carbocycles. The maximum atomic E-state index is 13.7. The van der Waals surface area contributed by atoms with E-state index in [9.17, 15) is 9.18 Å². The number of benzene rings is 1. The van der Waals surface area contributed by atoms with Gasteiger partial charge >= 0.3 is 0 Å². The van der Waals surface area contributed by atoms with Gasteiger partial charge in [0, 0.05) is 49.3 Å². The number of halogens is 1. The number of pyridine rings is 1. The predicted octanol–water partition coefficient (Wildman–Crippen LogP) is 3.80. The highest BCUT2D eigenvalue weighted by Crippen LogP contribution is 2.26. The molecule has 1 amide bonds. The summed E-state index contributed by atoms with van der Waals surface area (Å²) in [5, 5.41) is 6.64. The molecule has 1 fully saturated rings. The van der Waals surface area contributed by atoms with Crippen molar-refractivity contribution in [2.24, 2.45) is 0 Å². The van der Waals surface area contributed by atoms with Gasteiger partial charge in [0.1, 0.15) is 5.82 Å². The Morgan fingerprint density at radius 3 is 2.87 bits per heavy atom. The number of piperidine rings is 1. The average Bonchev–Trinajstić information content (AvgIpc) is 3.01. The number of carbonyl (C=O) groups is 1. The Balaban J connectivity index is 1.49. The van der Waals surface area contributed by atoms with Gasteiger partial charge in [-0.05, 0) is 61.2 Å². The van der Waals surface area contributed by atoms with E-state index in [2.05, 4.69) is 46.2 Å². The molecule has 1 aliphatic heterocycles. The van der Waals surface area contributed by atoms with Crippen LogP contribution in [0.3, 0.4) is 0 Å². The van der Waals surface area contributed by atoms with E-state index in [1.54, 1.807) is 12.3 Å². The molecule has 2 atom stereocenters. The van der Waals surface area contributed by atoms with Crippen LogP contribution in [0.4, 0.5) is 4.39 Å². The fraction of sp³-hybridized carbons (Fsp3) is 0.333. The molecule has 2 N–H and O–H groups in total. The molecule has 0 bridgehead atoms. The highest BCUT2D eigenvalue weighted by atomic mass is 19.1. The van der Waals surface area contributed by atoms with E-state index in [-0.39, 0.29) is 23.8 Å². The summed E-state index contributed by atoms with van der Waals surface area (Å²) in [6.45, 7) is 5.73. The minimum atomic E-state index is -0.287. The topological polar surface area (TPSA) is 59.0 Å². The molecule has 0 aliphatic carbocycles. The fourth-order valence-electron chi connectivity index (χ4n) is 4.24. The van der Waals surface area contributed by atoms with E-state index < -0.39 is 0 Å². The average molecular weight is 407 g/mol. The maximum absolute atomic E-state index is 13.7. The number of hydrogen-bond donors (Lipinski definition) is 2. The molecule has 2 aromatic heterocycles. The summed E-state index contributed by atoms with van der Waals surface area (Å²) >= 11 is 0. The van der Waals surface area contributed by atoms with Crippen molar-refractivity contribution in [1.82, 2.24) is 20.2 Å². The van der Waals surface area contributed by atoms with Crippen molar-refractivity contribution in [3.8, 4) is 0 Å². The smallest absolute Gasteiger partial charge is 0.220 e. The van der Waals surface area contributed by atoms with Crippen LogP contribution in [0.2, 0.25) is 0 Å². The molecule has 3 aromatic rings. The Morgan fingerprint density at radius 1 is 1.23 bits per heavy atom. The molecule has 1 saturated heterocycles. The lowest BCUT2D eigenvalue weighted by Crippen LogP contribution is -2.48. The van der Waals surface area contributed by atoms with Crippen molar-refractivity contribution in [1.29, 1.82) is 0 Å². The number of carbonyl (C=O) groups excluding carboxylic acids is 1. The summed E-state index contributed by atoms with van der Waals surface area (Å²) in [6.07, 6.45) is 4.88. The van der Waals surface area contributed by atoms with Crippen molar-refractivity contribution in [2.45, 2.75) is 51.9 Å². The van der Waals surface area contributed by atoms with Crippen molar-refractivity contribution in [3.63, 3.8) is 0 Å². The van der Waals surface area contributed by atoms with Gasteiger partial charge in [-0.1, -0.05) is 18.2 Å². The standard InChI is InChI=1S/C24H27FN4O/c1-16-11-20(17(2)29(16)15-18-5-4-10-26-13-18)14-27-22-8-9-23(30)28-24(22)19-6-3-7-21(25)12-19/h3-7,10-13,22,24,27H,8-9,14-15H2,1-2H3,(H,28,30)/t22-,24+/m1/s1. The van der Waals surface area contributed by atoms with Gasteiger partial charge in [-0.2, -0.15) is 0 Å². The largest absolute Gasteiger partial charge is 0.348 e. The van der Waals surface area contributed by atoms with Crippen LogP contribution in [0.25, 0.3) is 0 Å². The Hall–Kier alpha value is -2.99. The SMILES string of the molecule is Cc1cc(CN[C@@H]2CCC(=O)N[C@H]2c2cccc(F)c2)c(C)n1Cc1cccnc1. The Kier molecular flexibility index (Phi) is 5.95. The van der Waals surface area contributed by atoms with E-state index >= 15 is 0 Å². The van der Waals surface area contributed by atoms with Crippen molar-refractivity contribution in [2.75, 3.05) is 0 Å². The molecule has 4 rings (SSSR count). The summed E-state index contributed by atoms with van der Waals surface area (Å²) in [5.41, 5.74) is 5.60. The van der Waals surface area contributed by atoms with Crippen molar-refractivity contribution >= 4 is 5.91 Å². The summed E-state index contributed by atoms with van der Waals surface area (Å²) in [6, 6.07) is 12.5. The summed E-state index contributed by atoms with van der Waals surface area (Å²) in [7, 11) is 0. The van der Waals surface area contributed by atoms with Gasteiger partial charge in [-0.15, -0.1) is 0 Å². The zero-order valence-electron chi connectivity index (χ0n) is 17.4. The quantitative estimate of drug-likeness (QED) is 0.655. The number of aromatic nitrogens is 2. The third kappa shape index (κ3) is 4.44. The van der Waals surface area contributed by atoms with Crippen LogP contribution in [0.1, 0.15) is 47.0 Å². The molecule has 30 heavy (non-hydrogen) atoms. The minimum Gasteiger partial charge on any atom is -0.348 e. The van der Waals surface area contributed by atoms with E-state index in [0.717, 1.165) is 18.5 Å². The Bertz CT molecular complexity index is 1030. The molecular formula is C24H27FN4O. The lowest BCUT2D eigenvalue weighted by Gasteiger charge is -2.33. The van der Waals surface area contributed by atoms with Crippen LogP contribution < -0.4 is 10.6 Å². The van der Waals surface area contributed by atoms with E-state index in [4.69, 9.17) is 0 Å². The second-order valence-electron chi connectivity index (χ2n) is 7.97. The third-order valence-electron chi connectivity index (χ3n) is 5.91. The molecule has 3 heterocycles. The first-order valence-electron chi connectivity index (χ1n) is 10.3. The first kappa shape index (κ1) is 20.3. The van der Waals surface area contributed by atoms with Gasteiger partial charge in [-0.3, -0.25) is 9.78 Å². The monoisotopic (exact) mass is 406 g/mol. The zero-order valence-corrected chi connectivity index (χ0v) is 17.4. The number of aryl methyl sites for hydroxylation is 1. The lowest BCUT2D eigenvalue weighted by molar-refractivity contribution is -0.123. The molecular weight excluding hydrogens is 379 g/mol. The van der Waals surface area contributed by atoms with Crippen LogP contribution >= 0.6 is 0 Å². The summed E-state index contributed by atoms with van der Waals surface area (Å²) in [4.78, 5) is 16.2. The molecule has 156 valence electrons. The van der Waals surface area contributed by atoms with Crippen molar-refractivity contribution in [3.05, 3.63) is 88.8 Å². The highest BCUT2D eigenvalue weighted by Gasteiger charge is 2.30. The van der Waals surface area contributed by atoms with Gasteiger partial charge in [0.2, 0.25) is 5.91 Å². The van der Waals surface area contributed by atoms with E-state index in [0.29, 0.717) is 13.0 Å². The normalized spacial score (nSPS) is 19.0. The summed E-state index contributed by atoms with van der Waals surface area (Å²) < 4.78 is 16.0. The molecule has 0 unspecified atom stereocenters. The van der Waals surface area contributed by atoms with Crippen LogP contribution in [-0.4, -0.2) is 21.5 Å². The number of nitrogens with one attached hydrogen (secondary N) is 2.